The third-order valence-electron chi connectivity index (χ3n) is 5.49. The zero-order valence-corrected chi connectivity index (χ0v) is 17.4. The van der Waals surface area contributed by atoms with Crippen LogP contribution in [0.2, 0.25) is 0 Å². The SMILES string of the molecule is Cc1cc(N2CCOCC2)c2c(=O)cc(Nc3ccccc3)n(-c3ccccc3)c2n1. The Morgan fingerprint density at radius 3 is 2.32 bits per heavy atom. The second-order valence-electron chi connectivity index (χ2n) is 7.64. The van der Waals surface area contributed by atoms with Crippen molar-refractivity contribution in [2.24, 2.45) is 0 Å². The minimum Gasteiger partial charge on any atom is -0.378 e. The lowest BCUT2D eigenvalue weighted by Crippen LogP contribution is -2.37. The van der Waals surface area contributed by atoms with E-state index in [4.69, 9.17) is 9.72 Å². The van der Waals surface area contributed by atoms with Crippen LogP contribution in [0, 0.1) is 6.92 Å². The van der Waals surface area contributed by atoms with Crippen molar-refractivity contribution in [3.63, 3.8) is 0 Å². The molecule has 156 valence electrons. The van der Waals surface area contributed by atoms with E-state index in [0.29, 0.717) is 30.1 Å². The van der Waals surface area contributed by atoms with Gasteiger partial charge in [0.05, 0.1) is 24.3 Å². The van der Waals surface area contributed by atoms with E-state index < -0.39 is 0 Å². The Morgan fingerprint density at radius 2 is 1.61 bits per heavy atom. The number of aromatic nitrogens is 2. The Hall–Kier alpha value is -3.64. The molecule has 4 aromatic rings. The molecule has 1 aliphatic rings. The van der Waals surface area contributed by atoms with Crippen LogP contribution in [0.5, 0.6) is 0 Å². The van der Waals surface area contributed by atoms with Crippen LogP contribution in [0.3, 0.4) is 0 Å². The van der Waals surface area contributed by atoms with Crippen molar-refractivity contribution in [2.75, 3.05) is 36.5 Å². The predicted octanol–water partition coefficient (Wildman–Crippen LogP) is 4.27. The lowest BCUT2D eigenvalue weighted by atomic mass is 10.1. The van der Waals surface area contributed by atoms with Crippen LogP contribution in [0.15, 0.2) is 77.6 Å². The van der Waals surface area contributed by atoms with Crippen LogP contribution < -0.4 is 15.6 Å². The van der Waals surface area contributed by atoms with Crippen molar-refractivity contribution in [3.05, 3.63) is 88.7 Å². The van der Waals surface area contributed by atoms with E-state index in [-0.39, 0.29) is 5.43 Å². The molecule has 31 heavy (non-hydrogen) atoms. The first kappa shape index (κ1) is 19.3. The average Bonchev–Trinajstić information content (AvgIpc) is 2.80. The predicted molar refractivity (Wildman–Crippen MR) is 125 cm³/mol. The summed E-state index contributed by atoms with van der Waals surface area (Å²) in [6.45, 7) is 4.80. The van der Waals surface area contributed by atoms with E-state index >= 15 is 0 Å². The van der Waals surface area contributed by atoms with E-state index in [2.05, 4.69) is 10.2 Å². The number of anilines is 3. The van der Waals surface area contributed by atoms with Crippen LogP contribution in [0.1, 0.15) is 5.69 Å². The molecule has 1 aliphatic heterocycles. The van der Waals surface area contributed by atoms with E-state index in [0.717, 1.165) is 35.8 Å². The molecule has 1 saturated heterocycles. The number of benzene rings is 2. The number of rotatable bonds is 4. The maximum Gasteiger partial charge on any atom is 0.195 e. The van der Waals surface area contributed by atoms with Gasteiger partial charge in [0.15, 0.2) is 11.1 Å². The maximum atomic E-state index is 13.4. The summed E-state index contributed by atoms with van der Waals surface area (Å²) in [7, 11) is 0. The Morgan fingerprint density at radius 1 is 0.935 bits per heavy atom. The first-order valence-corrected chi connectivity index (χ1v) is 10.5. The Bertz CT molecular complexity index is 1260. The lowest BCUT2D eigenvalue weighted by molar-refractivity contribution is 0.123. The molecule has 6 nitrogen and oxygen atoms in total. The summed E-state index contributed by atoms with van der Waals surface area (Å²) in [5, 5.41) is 4.05. The molecule has 0 unspecified atom stereocenters. The van der Waals surface area contributed by atoms with Crippen molar-refractivity contribution in [3.8, 4) is 5.69 Å². The molecule has 0 aliphatic carbocycles. The maximum absolute atomic E-state index is 13.4. The van der Waals surface area contributed by atoms with Gasteiger partial charge in [0.2, 0.25) is 0 Å². The highest BCUT2D eigenvalue weighted by Gasteiger charge is 2.21. The summed E-state index contributed by atoms with van der Waals surface area (Å²) < 4.78 is 7.55. The molecule has 1 N–H and O–H groups in total. The van der Waals surface area contributed by atoms with Gasteiger partial charge in [-0.15, -0.1) is 0 Å². The first-order chi connectivity index (χ1) is 15.2. The van der Waals surface area contributed by atoms with Gasteiger partial charge in [0.25, 0.3) is 0 Å². The Kier molecular flexibility index (Phi) is 5.14. The number of aryl methyl sites for hydroxylation is 1. The number of morpholine rings is 1. The highest BCUT2D eigenvalue weighted by molar-refractivity contribution is 5.92. The fourth-order valence-electron chi connectivity index (χ4n) is 4.07. The normalized spacial score (nSPS) is 14.0. The van der Waals surface area contributed by atoms with Crippen LogP contribution >= 0.6 is 0 Å². The second kappa shape index (κ2) is 8.24. The monoisotopic (exact) mass is 412 g/mol. The number of hydrogen-bond acceptors (Lipinski definition) is 5. The van der Waals surface area contributed by atoms with Gasteiger partial charge in [0, 0.05) is 36.2 Å². The second-order valence-corrected chi connectivity index (χ2v) is 7.64. The molecule has 5 rings (SSSR count). The molecule has 0 saturated carbocycles. The van der Waals surface area contributed by atoms with Crippen LogP contribution in [0.4, 0.5) is 17.2 Å². The van der Waals surface area contributed by atoms with Gasteiger partial charge in [-0.3, -0.25) is 9.36 Å². The minimum absolute atomic E-state index is 0.0467. The Labute approximate surface area is 180 Å². The molecule has 6 heteroatoms. The largest absolute Gasteiger partial charge is 0.378 e. The summed E-state index contributed by atoms with van der Waals surface area (Å²) >= 11 is 0. The number of nitrogens with zero attached hydrogens (tertiary/aromatic N) is 3. The molecule has 1 fully saturated rings. The highest BCUT2D eigenvalue weighted by atomic mass is 16.5. The average molecular weight is 412 g/mol. The number of hydrogen-bond donors (Lipinski definition) is 1. The van der Waals surface area contributed by atoms with Crippen molar-refractivity contribution in [1.29, 1.82) is 0 Å². The standard InChI is InChI=1S/C25H24N4O2/c1-18-16-21(28-12-14-31-15-13-28)24-22(30)17-23(27-19-8-4-2-5-9-19)29(25(24)26-18)20-10-6-3-7-11-20/h2-11,16-17,27H,12-15H2,1H3. The van der Waals surface area contributed by atoms with E-state index in [1.54, 1.807) is 6.07 Å². The molecule has 2 aromatic heterocycles. The highest BCUT2D eigenvalue weighted by Crippen LogP contribution is 2.30. The van der Waals surface area contributed by atoms with Gasteiger partial charge in [-0.05, 0) is 37.3 Å². The fourth-order valence-corrected chi connectivity index (χ4v) is 4.07. The number of para-hydroxylation sites is 2. The minimum atomic E-state index is -0.0467. The van der Waals surface area contributed by atoms with Crippen LogP contribution in [-0.2, 0) is 4.74 Å². The lowest BCUT2D eigenvalue weighted by Gasteiger charge is -2.30. The molecular formula is C25H24N4O2. The zero-order valence-electron chi connectivity index (χ0n) is 17.4. The molecule has 2 aromatic carbocycles. The van der Waals surface area contributed by atoms with Crippen molar-refractivity contribution in [1.82, 2.24) is 9.55 Å². The number of fused-ring (bicyclic) bond motifs is 1. The molecule has 0 spiro atoms. The van der Waals surface area contributed by atoms with E-state index in [1.807, 2.05) is 78.2 Å². The number of nitrogens with one attached hydrogen (secondary N) is 1. The summed E-state index contributed by atoms with van der Waals surface area (Å²) in [4.78, 5) is 20.5. The Balaban J connectivity index is 1.79. The topological polar surface area (TPSA) is 59.4 Å². The van der Waals surface area contributed by atoms with Crippen molar-refractivity contribution >= 4 is 28.2 Å². The molecule has 0 bridgehead atoms. The fraction of sp³-hybridized carbons (Fsp3) is 0.200. The van der Waals surface area contributed by atoms with Gasteiger partial charge in [-0.25, -0.2) is 4.98 Å². The van der Waals surface area contributed by atoms with Gasteiger partial charge in [-0.1, -0.05) is 36.4 Å². The van der Waals surface area contributed by atoms with Gasteiger partial charge < -0.3 is 15.0 Å². The number of ether oxygens (including phenoxy) is 1. The van der Waals surface area contributed by atoms with E-state index in [1.165, 1.54) is 0 Å². The summed E-state index contributed by atoms with van der Waals surface area (Å²) in [6.07, 6.45) is 0. The molecule has 0 amide bonds. The quantitative estimate of drug-likeness (QED) is 0.542. The zero-order chi connectivity index (χ0) is 21.2. The molecular weight excluding hydrogens is 388 g/mol. The summed E-state index contributed by atoms with van der Waals surface area (Å²) in [5.41, 5.74) is 4.25. The first-order valence-electron chi connectivity index (χ1n) is 10.5. The third kappa shape index (κ3) is 3.78. The molecule has 0 atom stereocenters. The third-order valence-corrected chi connectivity index (χ3v) is 5.49. The molecule has 0 radical (unpaired) electrons. The summed E-state index contributed by atoms with van der Waals surface area (Å²) in [5.74, 6) is 0.681. The van der Waals surface area contributed by atoms with Gasteiger partial charge in [0.1, 0.15) is 5.82 Å². The van der Waals surface area contributed by atoms with Gasteiger partial charge >= 0.3 is 0 Å². The van der Waals surface area contributed by atoms with Gasteiger partial charge in [-0.2, -0.15) is 0 Å². The van der Waals surface area contributed by atoms with Crippen LogP contribution in [-0.4, -0.2) is 35.9 Å². The number of pyridine rings is 2. The van der Waals surface area contributed by atoms with Crippen molar-refractivity contribution < 1.29 is 4.74 Å². The smallest absolute Gasteiger partial charge is 0.195 e. The van der Waals surface area contributed by atoms with Crippen LogP contribution in [0.25, 0.3) is 16.7 Å². The molecule has 3 heterocycles. The van der Waals surface area contributed by atoms with Crippen molar-refractivity contribution in [2.45, 2.75) is 6.92 Å². The summed E-state index contributed by atoms with van der Waals surface area (Å²) in [6, 6.07) is 23.6. The van der Waals surface area contributed by atoms with E-state index in [9.17, 15) is 4.79 Å².